The van der Waals surface area contributed by atoms with Crippen LogP contribution >= 0.6 is 11.6 Å². The lowest BCUT2D eigenvalue weighted by molar-refractivity contribution is -0.134. The van der Waals surface area contributed by atoms with E-state index in [0.29, 0.717) is 16.5 Å². The summed E-state index contributed by atoms with van der Waals surface area (Å²) in [5.74, 6) is 0.458. The van der Waals surface area contributed by atoms with Crippen molar-refractivity contribution in [1.82, 2.24) is 5.43 Å². The van der Waals surface area contributed by atoms with Gasteiger partial charge in [-0.05, 0) is 66.6 Å². The first kappa shape index (κ1) is 24.7. The minimum Gasteiger partial charge on any atom is -0.507 e. The second kappa shape index (κ2) is 8.91. The van der Waals surface area contributed by atoms with E-state index in [1.54, 1.807) is 44.3 Å². The lowest BCUT2D eigenvalue weighted by atomic mass is 9.78. The molecule has 2 aromatic carbocycles. The Balaban J connectivity index is 2.22. The zero-order valence-electron chi connectivity index (χ0n) is 19.6. The molecule has 0 aliphatic carbocycles. The van der Waals surface area contributed by atoms with Crippen LogP contribution in [0.15, 0.2) is 41.5 Å². The Morgan fingerprint density at radius 1 is 0.968 bits per heavy atom. The number of hydrogen-bond donors (Lipinski definition) is 2. The van der Waals surface area contributed by atoms with Gasteiger partial charge in [0, 0.05) is 16.1 Å². The van der Waals surface area contributed by atoms with Crippen LogP contribution in [0.5, 0.6) is 11.5 Å². The molecule has 2 N–H and O–H groups in total. The molecule has 0 saturated heterocycles. The van der Waals surface area contributed by atoms with Gasteiger partial charge in [-0.25, -0.2) is 5.43 Å². The smallest absolute Gasteiger partial charge is 0.283 e. The molecule has 0 aromatic heterocycles. The molecule has 2 rings (SSSR count). The van der Waals surface area contributed by atoms with E-state index in [4.69, 9.17) is 16.3 Å². The lowest BCUT2D eigenvalue weighted by Crippen LogP contribution is -2.44. The minimum absolute atomic E-state index is 0.244. The number of halogens is 1. The predicted molar refractivity (Wildman–Crippen MR) is 127 cm³/mol. The summed E-state index contributed by atoms with van der Waals surface area (Å²) >= 11 is 5.89. The highest BCUT2D eigenvalue weighted by atomic mass is 35.5. The summed E-state index contributed by atoms with van der Waals surface area (Å²) in [5, 5.41) is 15.6. The van der Waals surface area contributed by atoms with Gasteiger partial charge in [0.05, 0.1) is 6.21 Å². The number of rotatable bonds is 5. The molecule has 31 heavy (non-hydrogen) atoms. The standard InChI is InChI=1S/C25H33ClN2O3/c1-23(2,3)19-13-16(14-20(21(19)29)24(4,5)6)15-27-28-22(30)25(7,8)31-18-11-9-17(26)10-12-18/h9-15,29H,1-8H3,(H,28,30). The second-order valence-corrected chi connectivity index (χ2v) is 10.7. The third-order valence-electron chi connectivity index (χ3n) is 4.86. The van der Waals surface area contributed by atoms with Crippen LogP contribution in [0.2, 0.25) is 5.02 Å². The van der Waals surface area contributed by atoms with Crippen molar-refractivity contribution in [3.05, 3.63) is 58.1 Å². The van der Waals surface area contributed by atoms with Crippen molar-refractivity contribution < 1.29 is 14.6 Å². The number of hydrazone groups is 1. The van der Waals surface area contributed by atoms with Crippen molar-refractivity contribution in [1.29, 1.82) is 0 Å². The number of nitrogens with zero attached hydrogens (tertiary/aromatic N) is 1. The fourth-order valence-corrected chi connectivity index (χ4v) is 3.14. The highest BCUT2D eigenvalue weighted by molar-refractivity contribution is 6.30. The molecule has 0 fully saturated rings. The van der Waals surface area contributed by atoms with Gasteiger partial charge in [0.15, 0.2) is 5.60 Å². The third-order valence-corrected chi connectivity index (χ3v) is 5.11. The van der Waals surface area contributed by atoms with E-state index in [9.17, 15) is 9.90 Å². The summed E-state index contributed by atoms with van der Waals surface area (Å²) < 4.78 is 5.79. The maximum absolute atomic E-state index is 12.6. The molecule has 0 aliphatic rings. The fraction of sp³-hybridized carbons (Fsp3) is 0.440. The Morgan fingerprint density at radius 2 is 1.45 bits per heavy atom. The van der Waals surface area contributed by atoms with Crippen LogP contribution in [-0.2, 0) is 15.6 Å². The number of benzene rings is 2. The van der Waals surface area contributed by atoms with Crippen LogP contribution in [-0.4, -0.2) is 22.8 Å². The molecular weight excluding hydrogens is 412 g/mol. The Hall–Kier alpha value is -2.53. The first-order valence-electron chi connectivity index (χ1n) is 10.3. The highest BCUT2D eigenvalue weighted by Gasteiger charge is 2.30. The predicted octanol–water partition coefficient (Wildman–Crippen LogP) is 5.95. The zero-order chi connectivity index (χ0) is 23.6. The number of phenolic OH excluding ortho intramolecular Hbond substituents is 1. The van der Waals surface area contributed by atoms with Crippen LogP contribution in [0, 0.1) is 0 Å². The van der Waals surface area contributed by atoms with E-state index in [2.05, 4.69) is 10.5 Å². The quantitative estimate of drug-likeness (QED) is 0.442. The van der Waals surface area contributed by atoms with Crippen molar-refractivity contribution in [2.45, 2.75) is 71.8 Å². The Kier molecular flexibility index (Phi) is 7.11. The van der Waals surface area contributed by atoms with Crippen molar-refractivity contribution in [3.63, 3.8) is 0 Å². The molecule has 1 amide bonds. The highest BCUT2D eigenvalue weighted by Crippen LogP contribution is 2.39. The van der Waals surface area contributed by atoms with Gasteiger partial charge in [-0.3, -0.25) is 4.79 Å². The Labute approximate surface area is 190 Å². The van der Waals surface area contributed by atoms with E-state index in [1.807, 2.05) is 53.7 Å². The molecule has 0 saturated carbocycles. The van der Waals surface area contributed by atoms with Gasteiger partial charge in [-0.2, -0.15) is 5.10 Å². The van der Waals surface area contributed by atoms with Gasteiger partial charge in [0.1, 0.15) is 11.5 Å². The number of amides is 1. The van der Waals surface area contributed by atoms with Crippen molar-refractivity contribution in [2.24, 2.45) is 5.10 Å². The first-order chi connectivity index (χ1) is 14.1. The largest absolute Gasteiger partial charge is 0.507 e. The first-order valence-corrected chi connectivity index (χ1v) is 10.6. The maximum Gasteiger partial charge on any atom is 0.283 e. The molecule has 6 heteroatoms. The molecule has 0 atom stereocenters. The SMILES string of the molecule is CC(C)(Oc1ccc(Cl)cc1)C(=O)NN=Cc1cc(C(C)(C)C)c(O)c(C(C)(C)C)c1. The van der Waals surface area contributed by atoms with E-state index in [-0.39, 0.29) is 16.7 Å². The van der Waals surface area contributed by atoms with Crippen LogP contribution < -0.4 is 10.2 Å². The van der Waals surface area contributed by atoms with Crippen molar-refractivity contribution >= 4 is 23.7 Å². The molecule has 0 bridgehead atoms. The van der Waals surface area contributed by atoms with Crippen molar-refractivity contribution in [2.75, 3.05) is 0 Å². The third kappa shape index (κ3) is 6.47. The van der Waals surface area contributed by atoms with Gasteiger partial charge in [0.2, 0.25) is 0 Å². The van der Waals surface area contributed by atoms with Crippen LogP contribution in [0.4, 0.5) is 0 Å². The summed E-state index contributed by atoms with van der Waals surface area (Å²) in [6, 6.07) is 10.6. The lowest BCUT2D eigenvalue weighted by Gasteiger charge is -2.27. The number of nitrogens with one attached hydrogen (secondary N) is 1. The number of ether oxygens (including phenoxy) is 1. The average molecular weight is 445 g/mol. The van der Waals surface area contributed by atoms with Gasteiger partial charge in [0.25, 0.3) is 5.91 Å². The Morgan fingerprint density at radius 3 is 1.90 bits per heavy atom. The van der Waals surface area contributed by atoms with E-state index < -0.39 is 5.60 Å². The molecule has 2 aromatic rings. The summed E-state index contributed by atoms with van der Waals surface area (Å²) in [7, 11) is 0. The van der Waals surface area contributed by atoms with Crippen LogP contribution in [0.3, 0.4) is 0 Å². The van der Waals surface area contributed by atoms with E-state index >= 15 is 0 Å². The zero-order valence-corrected chi connectivity index (χ0v) is 20.4. The second-order valence-electron chi connectivity index (χ2n) is 10.2. The number of phenols is 1. The van der Waals surface area contributed by atoms with E-state index in [0.717, 1.165) is 16.7 Å². The number of carbonyl (C=O) groups is 1. The molecule has 0 heterocycles. The maximum atomic E-state index is 12.6. The molecule has 0 unspecified atom stereocenters. The monoisotopic (exact) mass is 444 g/mol. The van der Waals surface area contributed by atoms with Gasteiger partial charge < -0.3 is 9.84 Å². The summed E-state index contributed by atoms with van der Waals surface area (Å²) in [6.45, 7) is 15.6. The molecule has 0 aliphatic heterocycles. The average Bonchev–Trinajstić information content (AvgIpc) is 2.62. The molecular formula is C25H33ClN2O3. The van der Waals surface area contributed by atoms with Gasteiger partial charge in [-0.15, -0.1) is 0 Å². The minimum atomic E-state index is -1.13. The Bertz CT molecular complexity index is 931. The molecule has 168 valence electrons. The van der Waals surface area contributed by atoms with E-state index in [1.165, 1.54) is 0 Å². The normalized spacial score (nSPS) is 12.8. The van der Waals surface area contributed by atoms with Gasteiger partial charge >= 0.3 is 0 Å². The van der Waals surface area contributed by atoms with Gasteiger partial charge in [-0.1, -0.05) is 53.1 Å². The summed E-state index contributed by atoms with van der Waals surface area (Å²) in [4.78, 5) is 12.6. The topological polar surface area (TPSA) is 70.9 Å². The van der Waals surface area contributed by atoms with Crippen LogP contribution in [0.25, 0.3) is 0 Å². The number of aromatic hydroxyl groups is 1. The molecule has 5 nitrogen and oxygen atoms in total. The molecule has 0 spiro atoms. The summed E-state index contributed by atoms with van der Waals surface area (Å²) in [5.41, 5.74) is 3.39. The number of hydrogen-bond acceptors (Lipinski definition) is 4. The fourth-order valence-electron chi connectivity index (χ4n) is 3.02. The number of carbonyl (C=O) groups excluding carboxylic acids is 1. The molecule has 0 radical (unpaired) electrons. The summed E-state index contributed by atoms with van der Waals surface area (Å²) in [6.07, 6.45) is 1.58. The van der Waals surface area contributed by atoms with Crippen molar-refractivity contribution in [3.8, 4) is 11.5 Å². The van der Waals surface area contributed by atoms with Crippen LogP contribution in [0.1, 0.15) is 72.1 Å².